The van der Waals surface area contributed by atoms with E-state index in [1.807, 2.05) is 0 Å². The molecule has 0 saturated heterocycles. The van der Waals surface area contributed by atoms with Crippen molar-refractivity contribution in [1.29, 1.82) is 0 Å². The predicted octanol–water partition coefficient (Wildman–Crippen LogP) is 5.92. The van der Waals surface area contributed by atoms with Gasteiger partial charge in [-0.3, -0.25) is 0 Å². The Kier molecular flexibility index (Phi) is 29.3. The minimum atomic E-state index is -4.13. The largest absolute Gasteiger partial charge is 1.00 e. The molecule has 0 heterocycles. The summed E-state index contributed by atoms with van der Waals surface area (Å²) >= 11 is 0. The standard InChI is InChI=1S/C26H54O3S.K/c1-3-5-7-9-11-12-13-14-15-16-17-19-21-23-25-26(30(27,28)29)24-22-20-18-10-8-6-4-2;/h26H,3-25H2,1-2H3,(H,27,28,29);/q;+1/p-1. The van der Waals surface area contributed by atoms with Crippen molar-refractivity contribution in [2.45, 2.75) is 167 Å². The van der Waals surface area contributed by atoms with Crippen molar-refractivity contribution in [2.75, 3.05) is 0 Å². The molecule has 0 aromatic carbocycles. The molecule has 0 aromatic rings. The molecule has 0 bridgehead atoms. The molecule has 1 atom stereocenters. The van der Waals surface area contributed by atoms with E-state index in [0.29, 0.717) is 12.8 Å². The number of hydrogen-bond donors (Lipinski definition) is 0. The summed E-state index contributed by atoms with van der Waals surface area (Å²) in [6.07, 6.45) is 27.4. The normalized spacial score (nSPS) is 12.6. The van der Waals surface area contributed by atoms with Crippen LogP contribution >= 0.6 is 0 Å². The Bertz CT molecular complexity index is 440. The summed E-state index contributed by atoms with van der Waals surface area (Å²) in [5.74, 6) is 0. The van der Waals surface area contributed by atoms with Crippen LogP contribution in [-0.4, -0.2) is 18.2 Å². The van der Waals surface area contributed by atoms with Gasteiger partial charge in [-0.15, -0.1) is 0 Å². The molecule has 0 aliphatic carbocycles. The summed E-state index contributed by atoms with van der Waals surface area (Å²) in [5.41, 5.74) is 0. The van der Waals surface area contributed by atoms with Gasteiger partial charge in [-0.2, -0.15) is 0 Å². The first-order chi connectivity index (χ1) is 14.5. The molecule has 0 aliphatic rings. The van der Waals surface area contributed by atoms with E-state index in [2.05, 4.69) is 13.8 Å². The molecule has 0 aliphatic heterocycles. The van der Waals surface area contributed by atoms with Crippen molar-refractivity contribution in [3.8, 4) is 0 Å². The zero-order valence-corrected chi connectivity index (χ0v) is 25.4. The van der Waals surface area contributed by atoms with E-state index in [1.54, 1.807) is 0 Å². The van der Waals surface area contributed by atoms with E-state index in [1.165, 1.54) is 109 Å². The van der Waals surface area contributed by atoms with Crippen molar-refractivity contribution < 1.29 is 64.4 Å². The van der Waals surface area contributed by atoms with E-state index < -0.39 is 15.4 Å². The summed E-state index contributed by atoms with van der Waals surface area (Å²) in [6, 6.07) is 0. The Hall–Kier alpha value is 1.55. The molecule has 5 heteroatoms. The molecule has 0 radical (unpaired) electrons. The first-order valence-electron chi connectivity index (χ1n) is 13.5. The van der Waals surface area contributed by atoms with Gasteiger partial charge in [-0.1, -0.05) is 149 Å². The molecular formula is C26H53KO3S. The number of rotatable bonds is 24. The summed E-state index contributed by atoms with van der Waals surface area (Å²) in [4.78, 5) is 0. The van der Waals surface area contributed by atoms with Gasteiger partial charge in [-0.25, -0.2) is 8.42 Å². The number of hydrogen-bond acceptors (Lipinski definition) is 3. The SMILES string of the molecule is CCCCCCCCCCCCCCCCC(CCCCCCCCC)S(=O)(=O)[O-].[K+]. The molecular weight excluding hydrogens is 431 g/mol. The van der Waals surface area contributed by atoms with Crippen LogP contribution in [0.4, 0.5) is 0 Å². The van der Waals surface area contributed by atoms with Crippen molar-refractivity contribution in [3.63, 3.8) is 0 Å². The summed E-state index contributed by atoms with van der Waals surface area (Å²) in [6.45, 7) is 4.47. The maximum absolute atomic E-state index is 11.5. The fourth-order valence-electron chi connectivity index (χ4n) is 4.33. The minimum Gasteiger partial charge on any atom is -0.748 e. The molecule has 1 unspecified atom stereocenters. The molecule has 182 valence electrons. The van der Waals surface area contributed by atoms with Gasteiger partial charge in [0, 0.05) is 5.25 Å². The van der Waals surface area contributed by atoms with E-state index in [9.17, 15) is 13.0 Å². The van der Waals surface area contributed by atoms with Gasteiger partial charge < -0.3 is 4.55 Å². The van der Waals surface area contributed by atoms with Crippen molar-refractivity contribution in [2.24, 2.45) is 0 Å². The molecule has 0 N–H and O–H groups in total. The Morgan fingerprint density at radius 2 is 0.710 bits per heavy atom. The van der Waals surface area contributed by atoms with Crippen LogP contribution in [0, 0.1) is 0 Å². The van der Waals surface area contributed by atoms with Gasteiger partial charge in [0.15, 0.2) is 0 Å². The first kappa shape index (κ1) is 34.7. The summed E-state index contributed by atoms with van der Waals surface area (Å²) < 4.78 is 34.6. The van der Waals surface area contributed by atoms with Gasteiger partial charge in [0.05, 0.1) is 10.1 Å². The Balaban J connectivity index is 0. The molecule has 0 amide bonds. The van der Waals surface area contributed by atoms with E-state index >= 15 is 0 Å². The van der Waals surface area contributed by atoms with Crippen molar-refractivity contribution >= 4 is 10.1 Å². The fourth-order valence-corrected chi connectivity index (χ4v) is 5.24. The van der Waals surface area contributed by atoms with Gasteiger partial charge in [0.2, 0.25) is 0 Å². The Morgan fingerprint density at radius 1 is 0.484 bits per heavy atom. The van der Waals surface area contributed by atoms with Gasteiger partial charge >= 0.3 is 51.4 Å². The monoisotopic (exact) mass is 484 g/mol. The van der Waals surface area contributed by atoms with Crippen molar-refractivity contribution in [1.82, 2.24) is 0 Å². The van der Waals surface area contributed by atoms with Gasteiger partial charge in [0.1, 0.15) is 0 Å². The van der Waals surface area contributed by atoms with Crippen LogP contribution in [0.15, 0.2) is 0 Å². The van der Waals surface area contributed by atoms with Crippen molar-refractivity contribution in [3.05, 3.63) is 0 Å². The Morgan fingerprint density at radius 3 is 0.935 bits per heavy atom. The second-order valence-electron chi connectivity index (χ2n) is 9.41. The maximum Gasteiger partial charge on any atom is 1.00 e. The van der Waals surface area contributed by atoms with E-state index in [-0.39, 0.29) is 51.4 Å². The van der Waals surface area contributed by atoms with Crippen LogP contribution in [0.3, 0.4) is 0 Å². The minimum absolute atomic E-state index is 0. The third-order valence-electron chi connectivity index (χ3n) is 6.42. The van der Waals surface area contributed by atoms with Crippen LogP contribution < -0.4 is 51.4 Å². The third-order valence-corrected chi connectivity index (χ3v) is 7.71. The average Bonchev–Trinajstić information content (AvgIpc) is 2.70. The maximum atomic E-state index is 11.5. The second kappa shape index (κ2) is 26.2. The topological polar surface area (TPSA) is 57.2 Å². The van der Waals surface area contributed by atoms with Crippen LogP contribution in [0.25, 0.3) is 0 Å². The van der Waals surface area contributed by atoms with Gasteiger partial charge in [0.25, 0.3) is 0 Å². The molecule has 0 spiro atoms. The molecule has 3 nitrogen and oxygen atoms in total. The molecule has 0 fully saturated rings. The quantitative estimate of drug-likeness (QED) is 0.0971. The second-order valence-corrected chi connectivity index (χ2v) is 11.1. The van der Waals surface area contributed by atoms with Crippen LogP contribution in [0.1, 0.15) is 162 Å². The zero-order chi connectivity index (χ0) is 22.3. The van der Waals surface area contributed by atoms with E-state index in [0.717, 1.165) is 25.7 Å². The zero-order valence-electron chi connectivity index (χ0n) is 21.5. The fraction of sp³-hybridized carbons (Fsp3) is 1.00. The van der Waals surface area contributed by atoms with Crippen LogP contribution in [0.2, 0.25) is 0 Å². The summed E-state index contributed by atoms with van der Waals surface area (Å²) in [5, 5.41) is -0.648. The number of unbranched alkanes of at least 4 members (excludes halogenated alkanes) is 19. The third kappa shape index (κ3) is 26.0. The molecule has 0 rings (SSSR count). The van der Waals surface area contributed by atoms with E-state index in [4.69, 9.17) is 0 Å². The molecule has 31 heavy (non-hydrogen) atoms. The van der Waals surface area contributed by atoms with Gasteiger partial charge in [-0.05, 0) is 12.8 Å². The molecule has 0 aromatic heterocycles. The Labute approximate surface area is 238 Å². The average molecular weight is 485 g/mol. The molecule has 0 saturated carbocycles. The predicted molar refractivity (Wildman–Crippen MR) is 131 cm³/mol. The summed E-state index contributed by atoms with van der Waals surface area (Å²) in [7, 11) is -4.13. The van der Waals surface area contributed by atoms with Crippen LogP contribution in [-0.2, 0) is 10.1 Å². The smallest absolute Gasteiger partial charge is 0.748 e. The van der Waals surface area contributed by atoms with Crippen LogP contribution in [0.5, 0.6) is 0 Å². The first-order valence-corrected chi connectivity index (χ1v) is 14.9.